The molecule has 2 nitrogen and oxygen atoms in total. The van der Waals surface area contributed by atoms with E-state index in [0.717, 1.165) is 31.5 Å². The molecule has 0 bridgehead atoms. The molecule has 0 aliphatic carbocycles. The van der Waals surface area contributed by atoms with Gasteiger partial charge in [0.25, 0.3) is 0 Å². The van der Waals surface area contributed by atoms with Crippen molar-refractivity contribution in [3.8, 4) is 5.75 Å². The van der Waals surface area contributed by atoms with Crippen LogP contribution in [0.1, 0.15) is 24.3 Å². The fourth-order valence-electron chi connectivity index (χ4n) is 2.12. The molecule has 1 unspecified atom stereocenters. The summed E-state index contributed by atoms with van der Waals surface area (Å²) < 4.78 is 19.3. The van der Waals surface area contributed by atoms with E-state index in [-0.39, 0.29) is 5.82 Å². The Morgan fingerprint density at radius 3 is 2.94 bits per heavy atom. The van der Waals surface area contributed by atoms with Gasteiger partial charge in [-0.05, 0) is 52.9 Å². The number of ether oxygens (including phenoxy) is 1. The fourth-order valence-corrected chi connectivity index (χ4v) is 2.67. The summed E-state index contributed by atoms with van der Waals surface area (Å²) in [5, 5.41) is 3.33. The van der Waals surface area contributed by atoms with E-state index < -0.39 is 0 Å². The number of halogens is 2. The lowest BCUT2D eigenvalue weighted by molar-refractivity contribution is 0.406. The number of piperidine rings is 1. The summed E-state index contributed by atoms with van der Waals surface area (Å²) in [6, 6.07) is 3.33. The summed E-state index contributed by atoms with van der Waals surface area (Å²) in [6.07, 6.45) is 2.23. The Morgan fingerprint density at radius 2 is 2.31 bits per heavy atom. The van der Waals surface area contributed by atoms with Gasteiger partial charge >= 0.3 is 0 Å². The highest BCUT2D eigenvalue weighted by atomic mass is 79.9. The molecule has 1 aliphatic heterocycles. The van der Waals surface area contributed by atoms with Crippen molar-refractivity contribution in [1.82, 2.24) is 5.32 Å². The molecule has 1 aliphatic rings. The van der Waals surface area contributed by atoms with Gasteiger partial charge in [-0.25, -0.2) is 4.39 Å². The van der Waals surface area contributed by atoms with Crippen molar-refractivity contribution in [3.05, 3.63) is 28.0 Å². The van der Waals surface area contributed by atoms with Crippen LogP contribution in [0.5, 0.6) is 5.75 Å². The molecule has 1 fully saturated rings. The molecule has 1 N–H and O–H groups in total. The van der Waals surface area contributed by atoms with Crippen LogP contribution in [0.2, 0.25) is 0 Å². The molecular formula is C12H15BrFNO. The quantitative estimate of drug-likeness (QED) is 0.903. The van der Waals surface area contributed by atoms with E-state index >= 15 is 0 Å². The molecule has 1 aromatic carbocycles. The summed E-state index contributed by atoms with van der Waals surface area (Å²) in [5.74, 6) is 0.703. The Morgan fingerprint density at radius 1 is 1.50 bits per heavy atom. The summed E-state index contributed by atoms with van der Waals surface area (Å²) in [6.45, 7) is 1.96. The third-order valence-corrected chi connectivity index (χ3v) is 3.84. The average Bonchev–Trinajstić information content (AvgIpc) is 2.33. The number of hydrogen-bond donors (Lipinski definition) is 1. The number of methoxy groups -OCH3 is 1. The van der Waals surface area contributed by atoms with Crippen LogP contribution in [0.4, 0.5) is 4.39 Å². The molecule has 0 saturated carbocycles. The fraction of sp³-hybridized carbons (Fsp3) is 0.500. The average molecular weight is 288 g/mol. The molecule has 1 aromatic rings. The summed E-state index contributed by atoms with van der Waals surface area (Å²) in [5.41, 5.74) is 1.00. The highest BCUT2D eigenvalue weighted by Crippen LogP contribution is 2.34. The van der Waals surface area contributed by atoms with E-state index in [0.29, 0.717) is 16.1 Å². The Bertz CT molecular complexity index is 378. The van der Waals surface area contributed by atoms with Crippen molar-refractivity contribution in [2.45, 2.75) is 18.8 Å². The normalized spacial score (nSPS) is 20.8. The molecule has 4 heteroatoms. The van der Waals surface area contributed by atoms with Crippen molar-refractivity contribution >= 4 is 15.9 Å². The smallest absolute Gasteiger partial charge is 0.141 e. The Kier molecular flexibility index (Phi) is 3.82. The second-order valence-electron chi connectivity index (χ2n) is 4.06. The van der Waals surface area contributed by atoms with Gasteiger partial charge < -0.3 is 10.1 Å². The SMILES string of the molecule is COc1cc(F)c(Br)c(C2CCCNC2)c1. The molecule has 0 radical (unpaired) electrons. The lowest BCUT2D eigenvalue weighted by Crippen LogP contribution is -2.28. The van der Waals surface area contributed by atoms with Gasteiger partial charge in [-0.2, -0.15) is 0 Å². The van der Waals surface area contributed by atoms with Crippen LogP contribution >= 0.6 is 15.9 Å². The second-order valence-corrected chi connectivity index (χ2v) is 4.85. The van der Waals surface area contributed by atoms with Crippen molar-refractivity contribution in [2.24, 2.45) is 0 Å². The van der Waals surface area contributed by atoms with Gasteiger partial charge in [0.1, 0.15) is 11.6 Å². The van der Waals surface area contributed by atoms with Gasteiger partial charge in [-0.1, -0.05) is 0 Å². The molecular weight excluding hydrogens is 273 g/mol. The summed E-state index contributed by atoms with van der Waals surface area (Å²) in [7, 11) is 1.56. The third-order valence-electron chi connectivity index (χ3n) is 3.00. The van der Waals surface area contributed by atoms with Crippen LogP contribution in [0, 0.1) is 5.82 Å². The standard InChI is InChI=1S/C12H15BrFNO/c1-16-9-5-10(12(13)11(14)6-9)8-3-2-4-15-7-8/h5-6,8,15H,2-4,7H2,1H3. The van der Waals surface area contributed by atoms with Gasteiger partial charge in [0.2, 0.25) is 0 Å². The number of benzene rings is 1. The van der Waals surface area contributed by atoms with E-state index in [1.54, 1.807) is 7.11 Å². The van der Waals surface area contributed by atoms with E-state index in [1.165, 1.54) is 6.07 Å². The lowest BCUT2D eigenvalue weighted by atomic mass is 9.91. The van der Waals surface area contributed by atoms with E-state index in [1.807, 2.05) is 6.07 Å². The van der Waals surface area contributed by atoms with E-state index in [2.05, 4.69) is 21.2 Å². The van der Waals surface area contributed by atoms with Gasteiger partial charge in [0.05, 0.1) is 11.6 Å². The van der Waals surface area contributed by atoms with Crippen LogP contribution in [0.15, 0.2) is 16.6 Å². The molecule has 1 heterocycles. The predicted molar refractivity (Wildman–Crippen MR) is 65.5 cm³/mol. The maximum absolute atomic E-state index is 13.6. The first-order valence-electron chi connectivity index (χ1n) is 5.46. The summed E-state index contributed by atoms with van der Waals surface area (Å²) in [4.78, 5) is 0. The Labute approximate surface area is 103 Å². The van der Waals surface area contributed by atoms with Gasteiger partial charge in [0, 0.05) is 12.6 Å². The molecule has 0 spiro atoms. The van der Waals surface area contributed by atoms with Gasteiger partial charge in [-0.3, -0.25) is 0 Å². The largest absolute Gasteiger partial charge is 0.497 e. The second kappa shape index (κ2) is 5.15. The van der Waals surface area contributed by atoms with Crippen molar-refractivity contribution < 1.29 is 9.13 Å². The zero-order valence-electron chi connectivity index (χ0n) is 9.22. The van der Waals surface area contributed by atoms with E-state index in [9.17, 15) is 4.39 Å². The first-order chi connectivity index (χ1) is 7.72. The summed E-state index contributed by atoms with van der Waals surface area (Å²) >= 11 is 3.32. The first kappa shape index (κ1) is 11.9. The molecule has 1 saturated heterocycles. The monoisotopic (exact) mass is 287 g/mol. The van der Waals surface area contributed by atoms with Crippen LogP contribution < -0.4 is 10.1 Å². The minimum absolute atomic E-state index is 0.250. The van der Waals surface area contributed by atoms with Crippen LogP contribution in [-0.2, 0) is 0 Å². The predicted octanol–water partition coefficient (Wildman–Crippen LogP) is 3.06. The lowest BCUT2D eigenvalue weighted by Gasteiger charge is -2.24. The Hall–Kier alpha value is -0.610. The molecule has 2 rings (SSSR count). The molecule has 88 valence electrons. The van der Waals surface area contributed by atoms with Crippen LogP contribution in [-0.4, -0.2) is 20.2 Å². The maximum Gasteiger partial charge on any atom is 0.141 e. The molecule has 16 heavy (non-hydrogen) atoms. The van der Waals surface area contributed by atoms with E-state index in [4.69, 9.17) is 4.74 Å². The highest BCUT2D eigenvalue weighted by Gasteiger charge is 2.20. The van der Waals surface area contributed by atoms with Gasteiger partial charge in [-0.15, -0.1) is 0 Å². The number of nitrogens with one attached hydrogen (secondary N) is 1. The van der Waals surface area contributed by atoms with Crippen molar-refractivity contribution in [1.29, 1.82) is 0 Å². The number of rotatable bonds is 2. The van der Waals surface area contributed by atoms with Crippen LogP contribution in [0.25, 0.3) is 0 Å². The third kappa shape index (κ3) is 2.38. The minimum atomic E-state index is -0.250. The number of hydrogen-bond acceptors (Lipinski definition) is 2. The zero-order chi connectivity index (χ0) is 11.5. The highest BCUT2D eigenvalue weighted by molar-refractivity contribution is 9.10. The molecule has 0 amide bonds. The van der Waals surface area contributed by atoms with Crippen LogP contribution in [0.3, 0.4) is 0 Å². The van der Waals surface area contributed by atoms with Crippen molar-refractivity contribution in [3.63, 3.8) is 0 Å². The molecule has 1 atom stereocenters. The van der Waals surface area contributed by atoms with Crippen molar-refractivity contribution in [2.75, 3.05) is 20.2 Å². The van der Waals surface area contributed by atoms with Gasteiger partial charge in [0.15, 0.2) is 0 Å². The molecule has 0 aromatic heterocycles. The maximum atomic E-state index is 13.6. The first-order valence-corrected chi connectivity index (χ1v) is 6.25. The minimum Gasteiger partial charge on any atom is -0.497 e. The Balaban J connectivity index is 2.33. The topological polar surface area (TPSA) is 21.3 Å². The zero-order valence-corrected chi connectivity index (χ0v) is 10.8.